The summed E-state index contributed by atoms with van der Waals surface area (Å²) in [6, 6.07) is 6.48. The first-order valence-electron chi connectivity index (χ1n) is 5.62. The Morgan fingerprint density at radius 3 is 2.81 bits per heavy atom. The van der Waals surface area contributed by atoms with Crippen molar-refractivity contribution in [3.8, 4) is 0 Å². The molecule has 0 aromatic heterocycles. The van der Waals surface area contributed by atoms with Crippen molar-refractivity contribution >= 4 is 11.6 Å². The van der Waals surface area contributed by atoms with Crippen molar-refractivity contribution in [2.45, 2.75) is 25.8 Å². The van der Waals surface area contributed by atoms with Gasteiger partial charge in [0.2, 0.25) is 0 Å². The number of ether oxygens (including phenoxy) is 1. The van der Waals surface area contributed by atoms with E-state index in [1.54, 1.807) is 7.11 Å². The monoisotopic (exact) mass is 241 g/mol. The van der Waals surface area contributed by atoms with E-state index in [4.69, 9.17) is 16.3 Å². The quantitative estimate of drug-likeness (QED) is 0.772. The molecule has 1 rings (SSSR count). The minimum absolute atomic E-state index is 0.308. The van der Waals surface area contributed by atoms with E-state index in [9.17, 15) is 0 Å². The van der Waals surface area contributed by atoms with E-state index in [0.29, 0.717) is 6.04 Å². The van der Waals surface area contributed by atoms with Gasteiger partial charge >= 0.3 is 0 Å². The van der Waals surface area contributed by atoms with Crippen LogP contribution < -0.4 is 5.32 Å². The maximum atomic E-state index is 6.31. The van der Waals surface area contributed by atoms with Gasteiger partial charge in [-0.2, -0.15) is 0 Å². The van der Waals surface area contributed by atoms with Crippen LogP contribution in [0.15, 0.2) is 18.2 Å². The number of rotatable bonds is 6. The Kier molecular flexibility index (Phi) is 5.81. The van der Waals surface area contributed by atoms with Gasteiger partial charge in [0.25, 0.3) is 0 Å². The van der Waals surface area contributed by atoms with E-state index in [1.165, 1.54) is 5.56 Å². The standard InChI is InChI=1S/C13H20ClNO/c1-10-6-4-7-11(13(10)14)12(15-2)8-5-9-16-3/h4,6-7,12,15H,5,8-9H2,1-3H3. The zero-order chi connectivity index (χ0) is 12.0. The summed E-state index contributed by atoms with van der Waals surface area (Å²) in [6.07, 6.45) is 2.07. The second-order valence-electron chi connectivity index (χ2n) is 3.95. The fourth-order valence-corrected chi connectivity index (χ4v) is 2.08. The second-order valence-corrected chi connectivity index (χ2v) is 4.33. The average molecular weight is 242 g/mol. The van der Waals surface area contributed by atoms with Gasteiger partial charge in [0, 0.05) is 24.8 Å². The Balaban J connectivity index is 2.74. The fraction of sp³-hybridized carbons (Fsp3) is 0.538. The zero-order valence-corrected chi connectivity index (χ0v) is 11.0. The number of hydrogen-bond acceptors (Lipinski definition) is 2. The number of benzene rings is 1. The normalized spacial score (nSPS) is 12.8. The summed E-state index contributed by atoms with van der Waals surface area (Å²) in [6.45, 7) is 2.83. The molecule has 1 N–H and O–H groups in total. The molecule has 2 nitrogen and oxygen atoms in total. The summed E-state index contributed by atoms with van der Waals surface area (Å²) in [5, 5.41) is 4.18. The first kappa shape index (κ1) is 13.5. The maximum absolute atomic E-state index is 6.31. The largest absolute Gasteiger partial charge is 0.385 e. The number of halogens is 1. The SMILES string of the molecule is CNC(CCCOC)c1cccc(C)c1Cl. The first-order valence-corrected chi connectivity index (χ1v) is 5.99. The van der Waals surface area contributed by atoms with Crippen molar-refractivity contribution in [3.63, 3.8) is 0 Å². The summed E-state index contributed by atoms with van der Waals surface area (Å²) >= 11 is 6.31. The Labute approximate surface area is 103 Å². The van der Waals surface area contributed by atoms with Crippen molar-refractivity contribution in [3.05, 3.63) is 34.3 Å². The molecule has 16 heavy (non-hydrogen) atoms. The Hall–Kier alpha value is -0.570. The summed E-state index contributed by atoms with van der Waals surface area (Å²) in [4.78, 5) is 0. The lowest BCUT2D eigenvalue weighted by Gasteiger charge is -2.18. The summed E-state index contributed by atoms with van der Waals surface area (Å²) < 4.78 is 5.07. The predicted octanol–water partition coefficient (Wildman–Crippen LogP) is 3.34. The van der Waals surface area contributed by atoms with Gasteiger partial charge in [-0.1, -0.05) is 29.8 Å². The summed E-state index contributed by atoms with van der Waals surface area (Å²) in [5.74, 6) is 0. The lowest BCUT2D eigenvalue weighted by Crippen LogP contribution is -2.17. The van der Waals surface area contributed by atoms with Crippen molar-refractivity contribution in [1.29, 1.82) is 0 Å². The van der Waals surface area contributed by atoms with Crippen LogP contribution in [0.5, 0.6) is 0 Å². The molecule has 0 aliphatic heterocycles. The molecule has 3 heteroatoms. The molecule has 90 valence electrons. The molecule has 1 unspecified atom stereocenters. The maximum Gasteiger partial charge on any atom is 0.0482 e. The molecule has 0 saturated carbocycles. The van der Waals surface area contributed by atoms with Crippen molar-refractivity contribution in [2.24, 2.45) is 0 Å². The molecule has 0 radical (unpaired) electrons. The van der Waals surface area contributed by atoms with E-state index < -0.39 is 0 Å². The van der Waals surface area contributed by atoms with E-state index in [0.717, 1.165) is 30.0 Å². The molecule has 0 fully saturated rings. The van der Waals surface area contributed by atoms with Crippen LogP contribution in [0.25, 0.3) is 0 Å². The van der Waals surface area contributed by atoms with Crippen LogP contribution in [-0.4, -0.2) is 20.8 Å². The predicted molar refractivity (Wildman–Crippen MR) is 69.1 cm³/mol. The highest BCUT2D eigenvalue weighted by atomic mass is 35.5. The van der Waals surface area contributed by atoms with Gasteiger partial charge in [-0.15, -0.1) is 0 Å². The minimum atomic E-state index is 0.308. The summed E-state index contributed by atoms with van der Waals surface area (Å²) in [5.41, 5.74) is 2.31. The zero-order valence-electron chi connectivity index (χ0n) is 10.2. The number of hydrogen-bond donors (Lipinski definition) is 1. The Morgan fingerprint density at radius 2 is 2.19 bits per heavy atom. The van der Waals surface area contributed by atoms with Crippen LogP contribution in [0.4, 0.5) is 0 Å². The molecule has 1 aromatic rings. The van der Waals surface area contributed by atoms with Gasteiger partial charge in [-0.25, -0.2) is 0 Å². The lowest BCUT2D eigenvalue weighted by molar-refractivity contribution is 0.189. The second kappa shape index (κ2) is 6.89. The first-order chi connectivity index (χ1) is 7.70. The highest BCUT2D eigenvalue weighted by Crippen LogP contribution is 2.28. The van der Waals surface area contributed by atoms with Gasteiger partial charge in [0.15, 0.2) is 0 Å². The van der Waals surface area contributed by atoms with E-state index in [1.807, 2.05) is 20.0 Å². The smallest absolute Gasteiger partial charge is 0.0482 e. The van der Waals surface area contributed by atoms with E-state index >= 15 is 0 Å². The van der Waals surface area contributed by atoms with Crippen molar-refractivity contribution in [2.75, 3.05) is 20.8 Å². The summed E-state index contributed by atoms with van der Waals surface area (Å²) in [7, 11) is 3.70. The van der Waals surface area contributed by atoms with Gasteiger partial charge in [0.1, 0.15) is 0 Å². The third-order valence-electron chi connectivity index (χ3n) is 2.79. The van der Waals surface area contributed by atoms with Crippen molar-refractivity contribution < 1.29 is 4.74 Å². The molecule has 0 heterocycles. The molecule has 0 spiro atoms. The van der Waals surface area contributed by atoms with Crippen LogP contribution in [0.2, 0.25) is 5.02 Å². The van der Waals surface area contributed by atoms with Crippen LogP contribution in [0.3, 0.4) is 0 Å². The highest BCUT2D eigenvalue weighted by Gasteiger charge is 2.13. The van der Waals surface area contributed by atoms with Crippen LogP contribution >= 0.6 is 11.6 Å². The third kappa shape index (κ3) is 3.48. The highest BCUT2D eigenvalue weighted by molar-refractivity contribution is 6.32. The minimum Gasteiger partial charge on any atom is -0.385 e. The third-order valence-corrected chi connectivity index (χ3v) is 3.30. The van der Waals surface area contributed by atoms with E-state index in [2.05, 4.69) is 17.4 Å². The molecule has 0 aliphatic rings. The molecule has 0 aliphatic carbocycles. The molecule has 0 bridgehead atoms. The lowest BCUT2D eigenvalue weighted by atomic mass is 10.0. The van der Waals surface area contributed by atoms with Crippen LogP contribution in [0, 0.1) is 6.92 Å². The Bertz CT molecular complexity index is 328. The number of nitrogens with one attached hydrogen (secondary N) is 1. The average Bonchev–Trinajstić information content (AvgIpc) is 2.29. The molecular weight excluding hydrogens is 222 g/mol. The molecule has 1 atom stereocenters. The van der Waals surface area contributed by atoms with Crippen LogP contribution in [-0.2, 0) is 4.74 Å². The number of methoxy groups -OCH3 is 1. The van der Waals surface area contributed by atoms with Gasteiger partial charge < -0.3 is 10.1 Å². The molecule has 1 aromatic carbocycles. The molecule has 0 amide bonds. The van der Waals surface area contributed by atoms with Gasteiger partial charge in [-0.05, 0) is 37.9 Å². The van der Waals surface area contributed by atoms with Crippen molar-refractivity contribution in [1.82, 2.24) is 5.32 Å². The topological polar surface area (TPSA) is 21.3 Å². The van der Waals surface area contributed by atoms with Crippen LogP contribution in [0.1, 0.15) is 30.0 Å². The Morgan fingerprint density at radius 1 is 1.44 bits per heavy atom. The fourth-order valence-electron chi connectivity index (χ4n) is 1.83. The molecule has 0 saturated heterocycles. The van der Waals surface area contributed by atoms with Gasteiger partial charge in [-0.3, -0.25) is 0 Å². The van der Waals surface area contributed by atoms with Gasteiger partial charge in [0.05, 0.1) is 0 Å². The molecular formula is C13H20ClNO. The number of aryl methyl sites for hydroxylation is 1. The van der Waals surface area contributed by atoms with E-state index in [-0.39, 0.29) is 0 Å².